The van der Waals surface area contributed by atoms with Crippen LogP contribution in [0.3, 0.4) is 0 Å². The van der Waals surface area contributed by atoms with Crippen LogP contribution in [0.25, 0.3) is 88.4 Å². The zero-order valence-electron chi connectivity index (χ0n) is 32.6. The van der Waals surface area contributed by atoms with Gasteiger partial charge >= 0.3 is 6.18 Å². The summed E-state index contributed by atoms with van der Waals surface area (Å²) in [6, 6.07) is 56.3. The maximum atomic E-state index is 14.2. The SMILES string of the molecule is Cc1ccc(-c2ccc3c(c2)c2ccccc2n3-c2cc(C#N)cc(-n3c4ccccc4c4cc(-c5ccc(C)cc5)ccc43)c2-c2ccc(C(F)(F)F)cc2C)cc1. The Balaban J connectivity index is 1.32. The highest BCUT2D eigenvalue weighted by Crippen LogP contribution is 2.45. The highest BCUT2D eigenvalue weighted by atomic mass is 19.4. The number of benzene rings is 8. The number of rotatable bonds is 5. The third-order valence-electron chi connectivity index (χ3n) is 11.6. The molecule has 284 valence electrons. The average Bonchev–Trinajstić information content (AvgIpc) is 3.75. The molecule has 0 spiro atoms. The van der Waals surface area contributed by atoms with Crippen LogP contribution in [0.2, 0.25) is 0 Å². The Morgan fingerprint density at radius 2 is 0.898 bits per heavy atom. The maximum Gasteiger partial charge on any atom is 0.416 e. The summed E-state index contributed by atoms with van der Waals surface area (Å²) in [6.45, 7) is 5.88. The fraction of sp³-hybridized carbons (Fsp3) is 0.0755. The first-order valence-corrected chi connectivity index (χ1v) is 19.5. The number of para-hydroxylation sites is 2. The monoisotopic (exact) mass is 771 g/mol. The number of alkyl halides is 3. The maximum absolute atomic E-state index is 14.2. The molecule has 0 amide bonds. The van der Waals surface area contributed by atoms with E-state index in [1.54, 1.807) is 13.0 Å². The Bertz CT molecular complexity index is 3150. The Morgan fingerprint density at radius 1 is 0.458 bits per heavy atom. The van der Waals surface area contributed by atoms with Gasteiger partial charge in [-0.05, 0) is 115 Å². The smallest absolute Gasteiger partial charge is 0.308 e. The van der Waals surface area contributed by atoms with Gasteiger partial charge in [-0.15, -0.1) is 0 Å². The molecule has 0 radical (unpaired) electrons. The van der Waals surface area contributed by atoms with E-state index in [9.17, 15) is 18.4 Å². The summed E-state index contributed by atoms with van der Waals surface area (Å²) >= 11 is 0. The summed E-state index contributed by atoms with van der Waals surface area (Å²) < 4.78 is 47.0. The average molecular weight is 772 g/mol. The molecule has 0 aliphatic rings. The molecular formula is C53H36F3N3. The molecule has 59 heavy (non-hydrogen) atoms. The van der Waals surface area contributed by atoms with Gasteiger partial charge in [-0.3, -0.25) is 0 Å². The van der Waals surface area contributed by atoms with Gasteiger partial charge in [0.2, 0.25) is 0 Å². The first-order valence-electron chi connectivity index (χ1n) is 19.5. The summed E-state index contributed by atoms with van der Waals surface area (Å²) in [6.07, 6.45) is -4.51. The number of aryl methyl sites for hydroxylation is 3. The first-order chi connectivity index (χ1) is 28.6. The molecule has 0 unspecified atom stereocenters. The largest absolute Gasteiger partial charge is 0.416 e. The molecule has 2 heterocycles. The lowest BCUT2D eigenvalue weighted by atomic mass is 9.93. The van der Waals surface area contributed by atoms with Crippen molar-refractivity contribution in [1.29, 1.82) is 5.26 Å². The molecule has 0 bridgehead atoms. The van der Waals surface area contributed by atoms with Crippen molar-refractivity contribution in [3.8, 4) is 50.8 Å². The minimum atomic E-state index is -4.51. The van der Waals surface area contributed by atoms with E-state index in [4.69, 9.17) is 0 Å². The highest BCUT2D eigenvalue weighted by molar-refractivity contribution is 6.13. The molecule has 0 atom stereocenters. The summed E-state index contributed by atoms with van der Waals surface area (Å²) in [5.41, 5.74) is 13.3. The van der Waals surface area contributed by atoms with Crippen molar-refractivity contribution in [2.24, 2.45) is 0 Å². The van der Waals surface area contributed by atoms with Crippen LogP contribution in [0, 0.1) is 32.1 Å². The Labute approximate surface area is 339 Å². The molecule has 0 aliphatic carbocycles. The van der Waals surface area contributed by atoms with E-state index in [1.807, 2.05) is 36.4 Å². The van der Waals surface area contributed by atoms with Crippen molar-refractivity contribution in [1.82, 2.24) is 9.13 Å². The van der Waals surface area contributed by atoms with E-state index in [0.29, 0.717) is 33.6 Å². The summed E-state index contributed by atoms with van der Waals surface area (Å²) in [5, 5.41) is 14.8. The lowest BCUT2D eigenvalue weighted by Gasteiger charge is -2.22. The van der Waals surface area contributed by atoms with E-state index >= 15 is 0 Å². The number of aromatic nitrogens is 2. The number of hydrogen-bond donors (Lipinski definition) is 0. The first kappa shape index (κ1) is 36.0. The van der Waals surface area contributed by atoms with Gasteiger partial charge in [0, 0.05) is 27.1 Å². The van der Waals surface area contributed by atoms with Gasteiger partial charge < -0.3 is 9.13 Å². The normalized spacial score (nSPS) is 11.9. The van der Waals surface area contributed by atoms with E-state index in [1.165, 1.54) is 17.2 Å². The standard InChI is InChI=1S/C53H36F3N3/c1-32-12-16-36(17-13-32)38-20-24-48-44(29-38)42-8-4-6-10-46(42)58(48)50-27-35(31-57)28-51(52(50)41-23-22-40(26-34(41)3)53(54,55)56)59-47-11-7-5-9-43(47)45-30-39(21-25-49(45)59)37-18-14-33(2)15-19-37/h4-30H,1-3H3. The third-order valence-corrected chi connectivity index (χ3v) is 11.6. The summed E-state index contributed by atoms with van der Waals surface area (Å²) in [4.78, 5) is 0. The lowest BCUT2D eigenvalue weighted by Crippen LogP contribution is -2.08. The van der Waals surface area contributed by atoms with Crippen LogP contribution in [0.1, 0.15) is 27.8 Å². The Hall–Kier alpha value is -7.36. The second-order valence-corrected chi connectivity index (χ2v) is 15.4. The van der Waals surface area contributed by atoms with E-state index in [0.717, 1.165) is 71.9 Å². The van der Waals surface area contributed by atoms with E-state index in [-0.39, 0.29) is 0 Å². The van der Waals surface area contributed by atoms with Crippen molar-refractivity contribution in [2.75, 3.05) is 0 Å². The van der Waals surface area contributed by atoms with Gasteiger partial charge in [-0.2, -0.15) is 18.4 Å². The van der Waals surface area contributed by atoms with Crippen molar-refractivity contribution >= 4 is 43.6 Å². The van der Waals surface area contributed by atoms with Gasteiger partial charge in [0.05, 0.1) is 50.6 Å². The molecule has 10 aromatic rings. The summed E-state index contributed by atoms with van der Waals surface area (Å²) in [5.74, 6) is 0. The van der Waals surface area contributed by atoms with Crippen LogP contribution < -0.4 is 0 Å². The fourth-order valence-corrected chi connectivity index (χ4v) is 8.74. The predicted molar refractivity (Wildman–Crippen MR) is 235 cm³/mol. The fourth-order valence-electron chi connectivity index (χ4n) is 8.74. The van der Waals surface area contributed by atoms with Gasteiger partial charge in [-0.1, -0.05) is 114 Å². The Kier molecular flexibility index (Phi) is 8.33. The van der Waals surface area contributed by atoms with Crippen LogP contribution in [0.5, 0.6) is 0 Å². The number of fused-ring (bicyclic) bond motifs is 6. The minimum absolute atomic E-state index is 0.424. The number of nitrogens with zero attached hydrogens (tertiary/aromatic N) is 3. The third kappa shape index (κ3) is 5.97. The van der Waals surface area contributed by atoms with Crippen molar-refractivity contribution in [3.63, 3.8) is 0 Å². The summed E-state index contributed by atoms with van der Waals surface area (Å²) in [7, 11) is 0. The molecular weight excluding hydrogens is 736 g/mol. The molecule has 3 nitrogen and oxygen atoms in total. The number of halogens is 3. The van der Waals surface area contributed by atoms with Crippen molar-refractivity contribution in [2.45, 2.75) is 26.9 Å². The molecule has 2 aromatic heterocycles. The molecule has 6 heteroatoms. The molecule has 0 fully saturated rings. The lowest BCUT2D eigenvalue weighted by molar-refractivity contribution is -0.137. The second-order valence-electron chi connectivity index (χ2n) is 15.4. The van der Waals surface area contributed by atoms with Crippen LogP contribution in [-0.4, -0.2) is 9.13 Å². The van der Waals surface area contributed by atoms with Gasteiger partial charge in [0.15, 0.2) is 0 Å². The van der Waals surface area contributed by atoms with Gasteiger partial charge in [-0.25, -0.2) is 0 Å². The van der Waals surface area contributed by atoms with E-state index in [2.05, 4.69) is 138 Å². The molecule has 0 N–H and O–H groups in total. The number of nitriles is 1. The molecule has 0 saturated heterocycles. The molecule has 0 aliphatic heterocycles. The van der Waals surface area contributed by atoms with Crippen molar-refractivity contribution < 1.29 is 13.2 Å². The highest BCUT2D eigenvalue weighted by Gasteiger charge is 2.32. The van der Waals surface area contributed by atoms with Crippen LogP contribution in [-0.2, 0) is 6.18 Å². The minimum Gasteiger partial charge on any atom is -0.308 e. The van der Waals surface area contributed by atoms with Crippen LogP contribution in [0.15, 0.2) is 164 Å². The Morgan fingerprint density at radius 3 is 1.34 bits per heavy atom. The zero-order chi connectivity index (χ0) is 40.6. The van der Waals surface area contributed by atoms with Crippen molar-refractivity contribution in [3.05, 3.63) is 192 Å². The molecule has 10 rings (SSSR count). The zero-order valence-corrected chi connectivity index (χ0v) is 32.6. The predicted octanol–water partition coefficient (Wildman–Crippen LogP) is 14.7. The van der Waals surface area contributed by atoms with Gasteiger partial charge in [0.25, 0.3) is 0 Å². The molecule has 8 aromatic carbocycles. The van der Waals surface area contributed by atoms with E-state index < -0.39 is 11.7 Å². The van der Waals surface area contributed by atoms with Crippen LogP contribution in [0.4, 0.5) is 13.2 Å². The molecule has 0 saturated carbocycles. The van der Waals surface area contributed by atoms with Gasteiger partial charge in [0.1, 0.15) is 0 Å². The topological polar surface area (TPSA) is 33.6 Å². The van der Waals surface area contributed by atoms with Crippen LogP contribution >= 0.6 is 0 Å². The quantitative estimate of drug-likeness (QED) is 0.172. The second kappa shape index (κ2) is 13.6. The number of hydrogen-bond acceptors (Lipinski definition) is 1.